The van der Waals surface area contributed by atoms with E-state index < -0.39 is 0 Å². The normalized spacial score (nSPS) is 11.4. The third kappa shape index (κ3) is 2.16. The van der Waals surface area contributed by atoms with Crippen LogP contribution in [0.1, 0.15) is 11.1 Å². The number of aryl methyl sites for hydroxylation is 2. The first-order valence-corrected chi connectivity index (χ1v) is 7.63. The standard InChI is InChI=1S/C19H13ClO3/c1-10-9-22-18-11(2)19-15(7-14(10)18)16(21)8-17(23-19)12-3-5-13(20)6-4-12/h3-9H,1-2H3. The van der Waals surface area contributed by atoms with Crippen molar-refractivity contribution in [2.75, 3.05) is 0 Å². The largest absolute Gasteiger partial charge is 0.464 e. The van der Waals surface area contributed by atoms with Crippen LogP contribution in [0.15, 0.2) is 56.3 Å². The number of halogens is 1. The summed E-state index contributed by atoms with van der Waals surface area (Å²) < 4.78 is 11.6. The van der Waals surface area contributed by atoms with Crippen molar-refractivity contribution in [1.29, 1.82) is 0 Å². The van der Waals surface area contributed by atoms with Gasteiger partial charge in [-0.25, -0.2) is 0 Å². The molecular weight excluding hydrogens is 312 g/mol. The third-order valence-corrected chi connectivity index (χ3v) is 4.36. The van der Waals surface area contributed by atoms with Crippen LogP contribution in [0, 0.1) is 13.8 Å². The predicted molar refractivity (Wildman–Crippen MR) is 92.2 cm³/mol. The highest BCUT2D eigenvalue weighted by atomic mass is 35.5. The van der Waals surface area contributed by atoms with Gasteiger partial charge in [-0.2, -0.15) is 0 Å². The summed E-state index contributed by atoms with van der Waals surface area (Å²) in [4.78, 5) is 12.6. The smallest absolute Gasteiger partial charge is 0.193 e. The third-order valence-electron chi connectivity index (χ3n) is 4.11. The van der Waals surface area contributed by atoms with Crippen LogP contribution in [0.2, 0.25) is 5.02 Å². The van der Waals surface area contributed by atoms with Gasteiger partial charge in [0.2, 0.25) is 0 Å². The number of fused-ring (bicyclic) bond motifs is 2. The zero-order chi connectivity index (χ0) is 16.1. The molecule has 0 aliphatic heterocycles. The molecule has 0 spiro atoms. The highest BCUT2D eigenvalue weighted by Gasteiger charge is 2.15. The summed E-state index contributed by atoms with van der Waals surface area (Å²) in [5.41, 5.74) is 3.89. The van der Waals surface area contributed by atoms with Gasteiger partial charge in [0.05, 0.1) is 11.6 Å². The molecule has 0 aliphatic carbocycles. The molecule has 0 aliphatic rings. The number of furan rings is 1. The summed E-state index contributed by atoms with van der Waals surface area (Å²) in [5.74, 6) is 0.518. The van der Waals surface area contributed by atoms with Crippen molar-refractivity contribution in [2.24, 2.45) is 0 Å². The Bertz CT molecular complexity index is 1100. The maximum absolute atomic E-state index is 12.6. The molecule has 0 saturated heterocycles. The van der Waals surface area contributed by atoms with Gasteiger partial charge >= 0.3 is 0 Å². The Morgan fingerprint density at radius 2 is 1.70 bits per heavy atom. The molecule has 0 atom stereocenters. The summed E-state index contributed by atoms with van der Waals surface area (Å²) in [6.45, 7) is 3.86. The molecule has 0 fully saturated rings. The molecule has 114 valence electrons. The predicted octanol–water partition coefficient (Wildman–Crippen LogP) is 5.48. The molecule has 4 aromatic rings. The van der Waals surface area contributed by atoms with Crippen LogP contribution in [0.3, 0.4) is 0 Å². The van der Waals surface area contributed by atoms with E-state index in [9.17, 15) is 4.79 Å². The Labute approximate surface area is 137 Å². The zero-order valence-electron chi connectivity index (χ0n) is 12.6. The quantitative estimate of drug-likeness (QED) is 0.466. The van der Waals surface area contributed by atoms with Gasteiger partial charge < -0.3 is 8.83 Å². The van der Waals surface area contributed by atoms with Gasteiger partial charge in [-0.15, -0.1) is 0 Å². The second-order valence-corrected chi connectivity index (χ2v) is 6.09. The Balaban J connectivity index is 2.07. The topological polar surface area (TPSA) is 43.4 Å². The first-order chi connectivity index (χ1) is 11.0. The molecule has 0 bridgehead atoms. The van der Waals surface area contributed by atoms with Gasteiger partial charge in [0.15, 0.2) is 5.43 Å². The molecule has 0 saturated carbocycles. The van der Waals surface area contributed by atoms with Crippen molar-refractivity contribution in [2.45, 2.75) is 13.8 Å². The number of hydrogen-bond donors (Lipinski definition) is 0. The molecule has 3 nitrogen and oxygen atoms in total. The van der Waals surface area contributed by atoms with Crippen LogP contribution < -0.4 is 5.43 Å². The Kier molecular flexibility index (Phi) is 3.06. The lowest BCUT2D eigenvalue weighted by molar-refractivity contribution is 0.599. The SMILES string of the molecule is Cc1coc2c(C)c3oc(-c4ccc(Cl)cc4)cc(=O)c3cc12. The zero-order valence-corrected chi connectivity index (χ0v) is 13.4. The van der Waals surface area contributed by atoms with Crippen molar-refractivity contribution in [3.05, 3.63) is 69.0 Å². The summed E-state index contributed by atoms with van der Waals surface area (Å²) in [6.07, 6.45) is 1.70. The van der Waals surface area contributed by atoms with E-state index in [2.05, 4.69) is 0 Å². The van der Waals surface area contributed by atoms with Crippen molar-refractivity contribution in [3.8, 4) is 11.3 Å². The first-order valence-electron chi connectivity index (χ1n) is 7.26. The fourth-order valence-corrected chi connectivity index (χ4v) is 2.97. The second kappa shape index (κ2) is 5.00. The Hall–Kier alpha value is -2.52. The molecule has 0 radical (unpaired) electrons. The monoisotopic (exact) mass is 324 g/mol. The van der Waals surface area contributed by atoms with E-state index in [4.69, 9.17) is 20.4 Å². The lowest BCUT2D eigenvalue weighted by Crippen LogP contribution is -2.01. The molecule has 4 rings (SSSR count). The van der Waals surface area contributed by atoms with Gasteiger partial charge in [0, 0.05) is 27.6 Å². The van der Waals surface area contributed by atoms with E-state index in [-0.39, 0.29) is 5.43 Å². The number of benzene rings is 2. The molecule has 4 heteroatoms. The van der Waals surface area contributed by atoms with Crippen molar-refractivity contribution in [3.63, 3.8) is 0 Å². The fourth-order valence-electron chi connectivity index (χ4n) is 2.85. The van der Waals surface area contributed by atoms with E-state index in [0.29, 0.717) is 21.8 Å². The van der Waals surface area contributed by atoms with Crippen LogP contribution in [0.25, 0.3) is 33.3 Å². The van der Waals surface area contributed by atoms with Crippen molar-refractivity contribution in [1.82, 2.24) is 0 Å². The highest BCUT2D eigenvalue weighted by molar-refractivity contribution is 6.30. The van der Waals surface area contributed by atoms with E-state index in [1.807, 2.05) is 32.0 Å². The van der Waals surface area contributed by atoms with Gasteiger partial charge in [-0.3, -0.25) is 4.79 Å². The maximum Gasteiger partial charge on any atom is 0.193 e. The number of rotatable bonds is 1. The molecule has 2 aromatic carbocycles. The van der Waals surface area contributed by atoms with Crippen LogP contribution in [-0.4, -0.2) is 0 Å². The summed E-state index contributed by atoms with van der Waals surface area (Å²) >= 11 is 5.91. The highest BCUT2D eigenvalue weighted by Crippen LogP contribution is 2.32. The van der Waals surface area contributed by atoms with E-state index in [1.54, 1.807) is 18.4 Å². The van der Waals surface area contributed by atoms with Crippen molar-refractivity contribution < 1.29 is 8.83 Å². The van der Waals surface area contributed by atoms with E-state index >= 15 is 0 Å². The Morgan fingerprint density at radius 1 is 0.957 bits per heavy atom. The van der Waals surface area contributed by atoms with Crippen LogP contribution in [0.4, 0.5) is 0 Å². The summed E-state index contributed by atoms with van der Waals surface area (Å²) in [6, 6.07) is 10.6. The lowest BCUT2D eigenvalue weighted by atomic mass is 10.0. The fraction of sp³-hybridized carbons (Fsp3) is 0.105. The minimum atomic E-state index is -0.0678. The van der Waals surface area contributed by atoms with Crippen LogP contribution in [0.5, 0.6) is 0 Å². The van der Waals surface area contributed by atoms with E-state index in [1.165, 1.54) is 6.07 Å². The molecule has 0 unspecified atom stereocenters. The van der Waals surface area contributed by atoms with Crippen LogP contribution in [-0.2, 0) is 0 Å². The summed E-state index contributed by atoms with van der Waals surface area (Å²) in [7, 11) is 0. The first kappa shape index (κ1) is 14.1. The molecule has 2 heterocycles. The summed E-state index contributed by atoms with van der Waals surface area (Å²) in [5, 5.41) is 2.15. The molecule has 0 N–H and O–H groups in total. The van der Waals surface area contributed by atoms with Crippen LogP contribution >= 0.6 is 11.6 Å². The van der Waals surface area contributed by atoms with Gasteiger partial charge in [0.1, 0.15) is 16.9 Å². The Morgan fingerprint density at radius 3 is 2.43 bits per heavy atom. The lowest BCUT2D eigenvalue weighted by Gasteiger charge is -2.06. The van der Waals surface area contributed by atoms with Gasteiger partial charge in [-0.1, -0.05) is 11.6 Å². The average Bonchev–Trinajstić information content (AvgIpc) is 2.91. The van der Waals surface area contributed by atoms with E-state index in [0.717, 1.165) is 27.7 Å². The minimum Gasteiger partial charge on any atom is -0.464 e. The maximum atomic E-state index is 12.6. The minimum absolute atomic E-state index is 0.0678. The average molecular weight is 325 g/mol. The molecule has 2 aromatic heterocycles. The van der Waals surface area contributed by atoms with Crippen molar-refractivity contribution >= 4 is 33.5 Å². The van der Waals surface area contributed by atoms with Gasteiger partial charge in [0.25, 0.3) is 0 Å². The number of hydrogen-bond acceptors (Lipinski definition) is 3. The van der Waals surface area contributed by atoms with Gasteiger partial charge in [-0.05, 0) is 49.7 Å². The second-order valence-electron chi connectivity index (χ2n) is 5.66. The molecule has 0 amide bonds. The molecule has 23 heavy (non-hydrogen) atoms. The molecular formula is C19H13ClO3.